The fourth-order valence-corrected chi connectivity index (χ4v) is 2.38. The van der Waals surface area contributed by atoms with Crippen LogP contribution in [0.15, 0.2) is 53.4 Å². The standard InChI is InChI=1S/C16H13BrN6O2/c1-10-4-2-3-5-12(10)21-15-14(23(24)25)16(20-9-19-15)22-13-7-6-11(17)8-18-13/h2-9H,1H3,(H2,18,19,20,21,22). The molecule has 8 nitrogen and oxygen atoms in total. The van der Waals surface area contributed by atoms with Crippen molar-refractivity contribution in [2.75, 3.05) is 10.6 Å². The van der Waals surface area contributed by atoms with Crippen molar-refractivity contribution in [1.29, 1.82) is 0 Å². The molecule has 126 valence electrons. The number of aromatic nitrogens is 3. The quantitative estimate of drug-likeness (QED) is 0.484. The minimum Gasteiger partial charge on any atom is -0.334 e. The number of para-hydroxylation sites is 1. The first kappa shape index (κ1) is 16.8. The normalized spacial score (nSPS) is 10.3. The number of benzene rings is 1. The summed E-state index contributed by atoms with van der Waals surface area (Å²) in [6.07, 6.45) is 2.84. The second kappa shape index (κ2) is 7.22. The van der Waals surface area contributed by atoms with Crippen molar-refractivity contribution >= 4 is 44.8 Å². The van der Waals surface area contributed by atoms with Gasteiger partial charge in [0.15, 0.2) is 0 Å². The van der Waals surface area contributed by atoms with E-state index in [0.717, 1.165) is 15.7 Å². The molecule has 25 heavy (non-hydrogen) atoms. The highest BCUT2D eigenvalue weighted by Gasteiger charge is 2.23. The van der Waals surface area contributed by atoms with Crippen molar-refractivity contribution in [3.05, 3.63) is 69.1 Å². The molecule has 3 aromatic rings. The minimum atomic E-state index is -0.526. The molecule has 0 atom stereocenters. The van der Waals surface area contributed by atoms with Gasteiger partial charge in [0, 0.05) is 16.4 Å². The average molecular weight is 401 g/mol. The van der Waals surface area contributed by atoms with Crippen LogP contribution >= 0.6 is 15.9 Å². The van der Waals surface area contributed by atoms with E-state index in [9.17, 15) is 10.1 Å². The van der Waals surface area contributed by atoms with Gasteiger partial charge in [-0.2, -0.15) is 0 Å². The fourth-order valence-electron chi connectivity index (χ4n) is 2.15. The number of rotatable bonds is 5. The molecule has 0 saturated heterocycles. The van der Waals surface area contributed by atoms with Gasteiger partial charge in [0.1, 0.15) is 12.1 Å². The highest BCUT2D eigenvalue weighted by Crippen LogP contribution is 2.33. The van der Waals surface area contributed by atoms with Crippen LogP contribution < -0.4 is 10.6 Å². The number of hydrogen-bond donors (Lipinski definition) is 2. The van der Waals surface area contributed by atoms with E-state index in [4.69, 9.17) is 0 Å². The van der Waals surface area contributed by atoms with Gasteiger partial charge in [0.05, 0.1) is 4.92 Å². The summed E-state index contributed by atoms with van der Waals surface area (Å²) in [5.74, 6) is 0.603. The Kier molecular flexibility index (Phi) is 4.85. The summed E-state index contributed by atoms with van der Waals surface area (Å²) in [6.45, 7) is 1.90. The van der Waals surface area contributed by atoms with Crippen LogP contribution in [0.4, 0.5) is 28.8 Å². The Labute approximate surface area is 151 Å². The highest BCUT2D eigenvalue weighted by atomic mass is 79.9. The summed E-state index contributed by atoms with van der Waals surface area (Å²) in [7, 11) is 0. The Morgan fingerprint density at radius 1 is 1.04 bits per heavy atom. The van der Waals surface area contributed by atoms with Gasteiger partial charge in [-0.3, -0.25) is 10.1 Å². The SMILES string of the molecule is Cc1ccccc1Nc1ncnc(Nc2ccc(Br)cn2)c1[N+](=O)[O-]. The second-order valence-electron chi connectivity index (χ2n) is 5.10. The molecular formula is C16H13BrN6O2. The van der Waals surface area contributed by atoms with E-state index < -0.39 is 4.92 Å². The summed E-state index contributed by atoms with van der Waals surface area (Å²) >= 11 is 3.29. The van der Waals surface area contributed by atoms with Crippen molar-refractivity contribution in [1.82, 2.24) is 15.0 Å². The maximum absolute atomic E-state index is 11.6. The Balaban J connectivity index is 1.98. The van der Waals surface area contributed by atoms with Gasteiger partial charge in [-0.15, -0.1) is 0 Å². The van der Waals surface area contributed by atoms with E-state index in [1.165, 1.54) is 6.33 Å². The van der Waals surface area contributed by atoms with E-state index >= 15 is 0 Å². The molecular weight excluding hydrogens is 388 g/mol. The van der Waals surface area contributed by atoms with Gasteiger partial charge < -0.3 is 10.6 Å². The Bertz CT molecular complexity index is 917. The third kappa shape index (κ3) is 3.89. The lowest BCUT2D eigenvalue weighted by Gasteiger charge is -2.11. The van der Waals surface area contributed by atoms with Crippen LogP contribution in [0.25, 0.3) is 0 Å². The Morgan fingerprint density at radius 3 is 2.40 bits per heavy atom. The first-order valence-corrected chi connectivity index (χ1v) is 8.04. The van der Waals surface area contributed by atoms with Gasteiger partial charge in [-0.25, -0.2) is 15.0 Å². The smallest absolute Gasteiger partial charge is 0.334 e. The van der Waals surface area contributed by atoms with Crippen molar-refractivity contribution in [3.8, 4) is 0 Å². The first-order chi connectivity index (χ1) is 12.0. The van der Waals surface area contributed by atoms with Crippen LogP contribution in [0.1, 0.15) is 5.56 Å². The topological polar surface area (TPSA) is 106 Å². The lowest BCUT2D eigenvalue weighted by atomic mass is 10.2. The van der Waals surface area contributed by atoms with E-state index in [1.54, 1.807) is 18.3 Å². The molecule has 2 N–H and O–H groups in total. The number of nitrogens with zero attached hydrogens (tertiary/aromatic N) is 4. The number of anilines is 4. The molecule has 0 aliphatic rings. The molecule has 0 saturated carbocycles. The maximum Gasteiger partial charge on any atom is 0.353 e. The van der Waals surface area contributed by atoms with Crippen LogP contribution in [0.2, 0.25) is 0 Å². The van der Waals surface area contributed by atoms with Gasteiger partial charge in [0.25, 0.3) is 0 Å². The molecule has 0 bridgehead atoms. The number of halogens is 1. The van der Waals surface area contributed by atoms with Gasteiger partial charge in [0.2, 0.25) is 11.6 Å². The Morgan fingerprint density at radius 2 is 1.76 bits per heavy atom. The van der Waals surface area contributed by atoms with Crippen molar-refractivity contribution in [2.24, 2.45) is 0 Å². The molecule has 1 aromatic carbocycles. The molecule has 2 heterocycles. The third-order valence-electron chi connectivity index (χ3n) is 3.38. The molecule has 0 spiro atoms. The summed E-state index contributed by atoms with van der Waals surface area (Å²) in [5.41, 5.74) is 1.42. The van der Waals surface area contributed by atoms with E-state index in [2.05, 4.69) is 41.5 Å². The van der Waals surface area contributed by atoms with Crippen LogP contribution in [0.3, 0.4) is 0 Å². The predicted octanol–water partition coefficient (Wildman–Crippen LogP) is 4.34. The molecule has 3 rings (SSSR count). The van der Waals surface area contributed by atoms with Crippen LogP contribution in [-0.4, -0.2) is 19.9 Å². The molecule has 9 heteroatoms. The number of aryl methyl sites for hydroxylation is 1. The molecule has 0 unspecified atom stereocenters. The molecule has 0 amide bonds. The second-order valence-corrected chi connectivity index (χ2v) is 6.02. The minimum absolute atomic E-state index is 0.0610. The zero-order valence-corrected chi connectivity index (χ0v) is 14.7. The molecule has 2 aromatic heterocycles. The van der Waals surface area contributed by atoms with Crippen LogP contribution in [-0.2, 0) is 0 Å². The largest absolute Gasteiger partial charge is 0.353 e. The van der Waals surface area contributed by atoms with Crippen LogP contribution in [0, 0.1) is 17.0 Å². The monoisotopic (exact) mass is 400 g/mol. The van der Waals surface area contributed by atoms with E-state index in [0.29, 0.717) is 5.82 Å². The molecule has 0 radical (unpaired) electrons. The lowest BCUT2D eigenvalue weighted by molar-refractivity contribution is -0.383. The fraction of sp³-hybridized carbons (Fsp3) is 0.0625. The average Bonchev–Trinajstić information content (AvgIpc) is 2.59. The third-order valence-corrected chi connectivity index (χ3v) is 3.85. The van der Waals surface area contributed by atoms with Crippen LogP contribution in [0.5, 0.6) is 0 Å². The predicted molar refractivity (Wildman–Crippen MR) is 98.4 cm³/mol. The lowest BCUT2D eigenvalue weighted by Crippen LogP contribution is -2.06. The maximum atomic E-state index is 11.6. The first-order valence-electron chi connectivity index (χ1n) is 7.25. The van der Waals surface area contributed by atoms with Gasteiger partial charge in [-0.05, 0) is 46.6 Å². The number of hydrogen-bond acceptors (Lipinski definition) is 7. The highest BCUT2D eigenvalue weighted by molar-refractivity contribution is 9.10. The molecule has 0 aliphatic carbocycles. The molecule has 0 fully saturated rings. The summed E-state index contributed by atoms with van der Waals surface area (Å²) < 4.78 is 0.803. The molecule has 0 aliphatic heterocycles. The summed E-state index contributed by atoms with van der Waals surface area (Å²) in [6, 6.07) is 10.9. The van der Waals surface area contributed by atoms with Gasteiger partial charge >= 0.3 is 5.69 Å². The zero-order chi connectivity index (χ0) is 17.8. The van der Waals surface area contributed by atoms with E-state index in [-0.39, 0.29) is 17.3 Å². The zero-order valence-electron chi connectivity index (χ0n) is 13.1. The van der Waals surface area contributed by atoms with E-state index in [1.807, 2.05) is 31.2 Å². The number of nitro groups is 1. The van der Waals surface area contributed by atoms with Crippen molar-refractivity contribution in [3.63, 3.8) is 0 Å². The van der Waals surface area contributed by atoms with Gasteiger partial charge in [-0.1, -0.05) is 18.2 Å². The number of pyridine rings is 1. The summed E-state index contributed by atoms with van der Waals surface area (Å²) in [5, 5.41) is 17.4. The van der Waals surface area contributed by atoms with Crippen molar-refractivity contribution in [2.45, 2.75) is 6.92 Å². The van der Waals surface area contributed by atoms with Crippen molar-refractivity contribution < 1.29 is 4.92 Å². The summed E-state index contributed by atoms with van der Waals surface area (Å²) in [4.78, 5) is 23.2. The number of nitrogens with one attached hydrogen (secondary N) is 2. The Hall–Kier alpha value is -3.07.